The van der Waals surface area contributed by atoms with Crippen LogP contribution in [0.5, 0.6) is 34.5 Å². The van der Waals surface area contributed by atoms with Gasteiger partial charge in [-0.05, 0) is 78.2 Å². The molecule has 68 heavy (non-hydrogen) atoms. The predicted octanol–water partition coefficient (Wildman–Crippen LogP) is 5.39. The Morgan fingerprint density at radius 2 is 0.721 bits per heavy atom. The molecule has 2 atom stereocenters. The van der Waals surface area contributed by atoms with Crippen LogP contribution in [0.3, 0.4) is 0 Å². The van der Waals surface area contributed by atoms with Crippen LogP contribution in [0.15, 0.2) is 72.8 Å². The smallest absolute Gasteiger partial charge is 0.331 e. The van der Waals surface area contributed by atoms with E-state index in [1.54, 1.807) is 0 Å². The molecule has 0 radical (unpaired) electrons. The minimum absolute atomic E-state index is 0.0707. The van der Waals surface area contributed by atoms with Crippen molar-refractivity contribution >= 4 is 77.9 Å². The third-order valence-electron chi connectivity index (χ3n) is 9.16. The summed E-state index contributed by atoms with van der Waals surface area (Å²) in [6, 6.07) is 12.2. The van der Waals surface area contributed by atoms with Crippen molar-refractivity contribution in [2.45, 2.75) is 79.6 Å². The molecule has 0 saturated heterocycles. The second kappa shape index (κ2) is 23.7. The fraction of sp³-hybridized carbons (Fsp3) is 0.292. The lowest BCUT2D eigenvalue weighted by atomic mass is 9.71. The summed E-state index contributed by atoms with van der Waals surface area (Å²) in [4.78, 5) is 124. The average molecular weight is 943 g/mol. The number of carbonyl (C=O) groups is 10. The van der Waals surface area contributed by atoms with Crippen molar-refractivity contribution in [1.29, 1.82) is 0 Å². The number of esters is 10. The van der Waals surface area contributed by atoms with Crippen molar-refractivity contribution < 1.29 is 95.3 Å². The molecule has 358 valence electrons. The summed E-state index contributed by atoms with van der Waals surface area (Å²) in [6.07, 6.45) is 1.51. The molecular formula is C48H46O20. The fourth-order valence-electron chi connectivity index (χ4n) is 6.57. The summed E-state index contributed by atoms with van der Waals surface area (Å²) < 4.78 is 53.2. The van der Waals surface area contributed by atoms with Gasteiger partial charge in [-0.15, -0.1) is 0 Å². The summed E-state index contributed by atoms with van der Waals surface area (Å²) in [5.41, 5.74) is -0.678. The normalized spacial score (nSPS) is 17.6. The third-order valence-corrected chi connectivity index (χ3v) is 9.16. The van der Waals surface area contributed by atoms with E-state index in [0.717, 1.165) is 66.9 Å². The first-order chi connectivity index (χ1) is 32.0. The monoisotopic (exact) mass is 942 g/mol. The molecule has 3 aromatic carbocycles. The molecule has 0 unspecified atom stereocenters. The minimum atomic E-state index is -1.58. The minimum Gasteiger partial charge on any atom is -0.469 e. The summed E-state index contributed by atoms with van der Waals surface area (Å²) in [5, 5.41) is 0. The molecule has 0 aliphatic heterocycles. The van der Waals surface area contributed by atoms with Crippen LogP contribution in [0.1, 0.15) is 78.0 Å². The lowest BCUT2D eigenvalue weighted by Gasteiger charge is -2.43. The Balaban J connectivity index is 1.71. The summed E-state index contributed by atoms with van der Waals surface area (Å²) in [6.45, 7) is 8.29. The van der Waals surface area contributed by atoms with E-state index in [9.17, 15) is 47.9 Å². The third kappa shape index (κ3) is 15.9. The number of ether oxygens (including phenoxy) is 10. The second-order valence-electron chi connectivity index (χ2n) is 15.0. The maximum atomic E-state index is 13.6. The van der Waals surface area contributed by atoms with Crippen molar-refractivity contribution in [2.75, 3.05) is 7.11 Å². The Bertz CT molecular complexity index is 2470. The number of carbonyl (C=O) groups excluding carboxylic acids is 10. The standard InChI is InChI=1S/C48H46O20/c1-26(49)60-35-15-9-32(21-38(35)63-29(4)52)12-18-43(55)66-41-24-48(7,47(58)59-8)25-42(67-44(56)19-13-33-10-16-36(61-27(2)50)39(22-33)64-30(5)53)46(41)68-45(57)20-14-34-11-17-37(62-28(3)51)40(23-34)65-31(6)54/h9-23,41-42,46H,24-25H2,1-8H3/b18-12+,19-13+,20-14+/t41-,42-,46-,48-/m1/s1. The van der Waals surface area contributed by atoms with Crippen LogP contribution in [0, 0.1) is 5.41 Å². The number of hydrogen-bond donors (Lipinski definition) is 0. The van der Waals surface area contributed by atoms with Crippen LogP contribution in [-0.2, 0) is 66.9 Å². The number of benzene rings is 3. The van der Waals surface area contributed by atoms with Gasteiger partial charge >= 0.3 is 59.7 Å². The Morgan fingerprint density at radius 3 is 1.00 bits per heavy atom. The van der Waals surface area contributed by atoms with Gasteiger partial charge in [-0.2, -0.15) is 0 Å². The van der Waals surface area contributed by atoms with Gasteiger partial charge in [-0.25, -0.2) is 14.4 Å². The van der Waals surface area contributed by atoms with E-state index in [-0.39, 0.29) is 64.0 Å². The molecule has 3 aromatic rings. The Labute approximate surface area is 388 Å². The fourth-order valence-corrected chi connectivity index (χ4v) is 6.57. The van der Waals surface area contributed by atoms with Crippen LogP contribution in [-0.4, -0.2) is 85.1 Å². The van der Waals surface area contributed by atoms with Gasteiger partial charge in [0, 0.05) is 72.6 Å². The summed E-state index contributed by atoms with van der Waals surface area (Å²) >= 11 is 0. The van der Waals surface area contributed by atoms with Gasteiger partial charge in [0.15, 0.2) is 40.6 Å². The first kappa shape index (κ1) is 52.2. The highest BCUT2D eigenvalue weighted by molar-refractivity contribution is 5.90. The van der Waals surface area contributed by atoms with Crippen molar-refractivity contribution in [1.82, 2.24) is 0 Å². The van der Waals surface area contributed by atoms with Gasteiger partial charge in [0.2, 0.25) is 0 Å². The largest absolute Gasteiger partial charge is 0.469 e. The molecule has 0 heterocycles. The van der Waals surface area contributed by atoms with Crippen LogP contribution < -0.4 is 28.4 Å². The zero-order valence-electron chi connectivity index (χ0n) is 38.0. The molecule has 1 saturated carbocycles. The van der Waals surface area contributed by atoms with Crippen molar-refractivity contribution in [3.63, 3.8) is 0 Å². The molecule has 1 fully saturated rings. The van der Waals surface area contributed by atoms with Gasteiger partial charge < -0.3 is 47.4 Å². The first-order valence-corrected chi connectivity index (χ1v) is 20.3. The van der Waals surface area contributed by atoms with Gasteiger partial charge in [-0.1, -0.05) is 18.2 Å². The van der Waals surface area contributed by atoms with Crippen molar-refractivity contribution in [3.05, 3.63) is 89.5 Å². The molecule has 0 N–H and O–H groups in total. The molecule has 20 heteroatoms. The molecule has 1 aliphatic rings. The van der Waals surface area contributed by atoms with Gasteiger partial charge in [-0.3, -0.25) is 33.6 Å². The second-order valence-corrected chi connectivity index (χ2v) is 15.0. The summed E-state index contributed by atoms with van der Waals surface area (Å²) in [7, 11) is 1.12. The molecule has 0 amide bonds. The van der Waals surface area contributed by atoms with Gasteiger partial charge in [0.05, 0.1) is 12.5 Å². The Hall–Kier alpha value is -8.42. The maximum Gasteiger partial charge on any atom is 0.331 e. The number of hydrogen-bond acceptors (Lipinski definition) is 20. The van der Waals surface area contributed by atoms with E-state index in [0.29, 0.717) is 0 Å². The molecular weight excluding hydrogens is 897 g/mol. The Morgan fingerprint density at radius 1 is 0.441 bits per heavy atom. The predicted molar refractivity (Wildman–Crippen MR) is 233 cm³/mol. The van der Waals surface area contributed by atoms with E-state index in [1.165, 1.54) is 79.7 Å². The number of methoxy groups -OCH3 is 1. The Kier molecular flexibility index (Phi) is 18.2. The molecule has 4 rings (SSSR count). The highest BCUT2D eigenvalue weighted by atomic mass is 16.6. The highest BCUT2D eigenvalue weighted by Crippen LogP contribution is 2.42. The van der Waals surface area contributed by atoms with Crippen LogP contribution in [0.25, 0.3) is 18.2 Å². The lowest BCUT2D eigenvalue weighted by Crippen LogP contribution is -2.55. The van der Waals surface area contributed by atoms with Gasteiger partial charge in [0.1, 0.15) is 12.2 Å². The SMILES string of the molecule is COC(=O)[C@]1(C)C[C@@H](OC(=O)/C=C/c2ccc(OC(C)=O)c(OC(C)=O)c2)[C@@H](OC(=O)/C=C/c2ccc(OC(C)=O)c(OC(C)=O)c2)[C@H](OC(=O)/C=C/c2ccc(OC(C)=O)c(OC(C)=O)c2)C1. The zero-order valence-corrected chi connectivity index (χ0v) is 38.0. The van der Waals surface area contributed by atoms with E-state index in [2.05, 4.69) is 0 Å². The van der Waals surface area contributed by atoms with E-state index in [1.807, 2.05) is 0 Å². The molecule has 0 aromatic heterocycles. The van der Waals surface area contributed by atoms with Crippen LogP contribution in [0.4, 0.5) is 0 Å². The summed E-state index contributed by atoms with van der Waals surface area (Å²) in [5.74, 6) is -8.76. The topological polar surface area (TPSA) is 263 Å². The first-order valence-electron chi connectivity index (χ1n) is 20.3. The van der Waals surface area contributed by atoms with Crippen LogP contribution in [0.2, 0.25) is 0 Å². The van der Waals surface area contributed by atoms with Crippen molar-refractivity contribution in [3.8, 4) is 34.5 Å². The van der Waals surface area contributed by atoms with E-state index < -0.39 is 83.4 Å². The van der Waals surface area contributed by atoms with Crippen molar-refractivity contribution in [2.24, 2.45) is 5.41 Å². The highest BCUT2D eigenvalue weighted by Gasteiger charge is 2.53. The molecule has 1 aliphatic carbocycles. The zero-order chi connectivity index (χ0) is 50.3. The molecule has 0 bridgehead atoms. The quantitative estimate of drug-likeness (QED) is 0.0754. The molecule has 20 nitrogen and oxygen atoms in total. The van der Waals surface area contributed by atoms with E-state index >= 15 is 0 Å². The van der Waals surface area contributed by atoms with E-state index in [4.69, 9.17) is 47.4 Å². The van der Waals surface area contributed by atoms with Gasteiger partial charge in [0.25, 0.3) is 0 Å². The molecule has 0 spiro atoms. The average Bonchev–Trinajstić information content (AvgIpc) is 3.23. The maximum absolute atomic E-state index is 13.6. The lowest BCUT2D eigenvalue weighted by molar-refractivity contribution is -0.200. The van der Waals surface area contributed by atoms with Crippen LogP contribution >= 0.6 is 0 Å². The number of rotatable bonds is 16.